The van der Waals surface area contributed by atoms with Crippen LogP contribution in [0.3, 0.4) is 0 Å². The van der Waals surface area contributed by atoms with Gasteiger partial charge in [-0.05, 0) is 76.3 Å². The lowest BCUT2D eigenvalue weighted by atomic mass is 9.70. The standard InChI is InChI=1S/C55H36N4/c1-5-19-37(20-6-1)49-36-50(38-21-7-2-8-22-38)57-54(56-49)59-51-34-33-41(58(39-23-9-3-10-24-39)40-25-11-4-12-26-40)35-45(51)52-53(59)44-29-15-18-32-48(44)55(52)46-30-16-13-27-42(46)43-28-14-17-31-47(43)55/h1-36H. The van der Waals surface area contributed by atoms with Crippen molar-refractivity contribution in [2.75, 3.05) is 4.90 Å². The molecule has 8 aromatic carbocycles. The zero-order valence-corrected chi connectivity index (χ0v) is 32.1. The fourth-order valence-electron chi connectivity index (χ4n) is 9.86. The predicted molar refractivity (Wildman–Crippen MR) is 241 cm³/mol. The Hall–Kier alpha value is -7.82. The summed E-state index contributed by atoms with van der Waals surface area (Å²) in [5.74, 6) is 0.638. The molecule has 2 heterocycles. The molecule has 12 rings (SSSR count). The number of hydrogen-bond acceptors (Lipinski definition) is 3. The van der Waals surface area contributed by atoms with Crippen LogP contribution in [0.4, 0.5) is 17.1 Å². The number of benzene rings is 8. The molecule has 10 aromatic rings. The van der Waals surface area contributed by atoms with Crippen LogP contribution < -0.4 is 4.90 Å². The second-order valence-corrected chi connectivity index (χ2v) is 15.3. The van der Waals surface area contributed by atoms with Crippen LogP contribution >= 0.6 is 0 Å². The summed E-state index contributed by atoms with van der Waals surface area (Å²) in [4.78, 5) is 13.3. The minimum Gasteiger partial charge on any atom is -0.310 e. The third-order valence-electron chi connectivity index (χ3n) is 12.2. The molecule has 0 fully saturated rings. The van der Waals surface area contributed by atoms with E-state index in [1.165, 1.54) is 38.9 Å². The summed E-state index contributed by atoms with van der Waals surface area (Å²) in [5.41, 5.74) is 17.5. The van der Waals surface area contributed by atoms with Crippen LogP contribution in [0, 0.1) is 0 Å². The van der Waals surface area contributed by atoms with E-state index in [9.17, 15) is 0 Å². The SMILES string of the molecule is c1ccc(-c2cc(-c3ccccc3)nc(-n3c4c(c5cc(N(c6ccccc6)c6ccccc6)ccc53)C3(c5ccccc5-c5ccccc53)c3ccccc3-4)n2)cc1. The lowest BCUT2D eigenvalue weighted by molar-refractivity contribution is 0.800. The summed E-state index contributed by atoms with van der Waals surface area (Å²) in [5, 5.41) is 1.16. The van der Waals surface area contributed by atoms with Crippen LogP contribution in [-0.2, 0) is 5.41 Å². The first-order valence-corrected chi connectivity index (χ1v) is 20.2. The fraction of sp³-hybridized carbons (Fsp3) is 0.0182. The van der Waals surface area contributed by atoms with E-state index in [-0.39, 0.29) is 0 Å². The number of rotatable bonds is 6. The molecule has 2 aromatic heterocycles. The van der Waals surface area contributed by atoms with Gasteiger partial charge in [-0.3, -0.25) is 4.57 Å². The third-order valence-corrected chi connectivity index (χ3v) is 12.2. The summed E-state index contributed by atoms with van der Waals surface area (Å²) < 4.78 is 2.35. The second kappa shape index (κ2) is 13.1. The van der Waals surface area contributed by atoms with Crippen LogP contribution in [0.2, 0.25) is 0 Å². The normalized spacial score (nSPS) is 12.9. The van der Waals surface area contributed by atoms with Gasteiger partial charge >= 0.3 is 0 Å². The predicted octanol–water partition coefficient (Wildman–Crippen LogP) is 13.6. The number of para-hydroxylation sites is 2. The zero-order chi connectivity index (χ0) is 38.9. The summed E-state index contributed by atoms with van der Waals surface area (Å²) in [6.45, 7) is 0. The molecule has 59 heavy (non-hydrogen) atoms. The van der Waals surface area contributed by atoms with Crippen molar-refractivity contribution in [3.05, 3.63) is 241 Å². The first-order valence-electron chi connectivity index (χ1n) is 20.2. The average molecular weight is 753 g/mol. The highest BCUT2D eigenvalue weighted by molar-refractivity contribution is 6.06. The van der Waals surface area contributed by atoms with Crippen molar-refractivity contribution in [2.24, 2.45) is 0 Å². The van der Waals surface area contributed by atoms with E-state index >= 15 is 0 Å². The number of anilines is 3. The van der Waals surface area contributed by atoms with Crippen molar-refractivity contribution in [1.82, 2.24) is 14.5 Å². The smallest absolute Gasteiger partial charge is 0.235 e. The van der Waals surface area contributed by atoms with Gasteiger partial charge in [-0.2, -0.15) is 0 Å². The van der Waals surface area contributed by atoms with Gasteiger partial charge in [-0.1, -0.05) is 170 Å². The monoisotopic (exact) mass is 752 g/mol. The van der Waals surface area contributed by atoms with E-state index in [4.69, 9.17) is 9.97 Å². The quantitative estimate of drug-likeness (QED) is 0.170. The lowest BCUT2D eigenvalue weighted by Crippen LogP contribution is -2.25. The number of nitrogens with zero attached hydrogens (tertiary/aromatic N) is 4. The minimum absolute atomic E-state index is 0.579. The Bertz CT molecular complexity index is 3070. The van der Waals surface area contributed by atoms with Gasteiger partial charge in [0.15, 0.2) is 0 Å². The van der Waals surface area contributed by atoms with Crippen molar-refractivity contribution in [3.8, 4) is 50.8 Å². The van der Waals surface area contributed by atoms with Gasteiger partial charge in [0.05, 0.1) is 28.0 Å². The first-order chi connectivity index (χ1) is 29.3. The molecule has 0 unspecified atom stereocenters. The van der Waals surface area contributed by atoms with Crippen molar-refractivity contribution < 1.29 is 0 Å². The van der Waals surface area contributed by atoms with Crippen molar-refractivity contribution in [3.63, 3.8) is 0 Å². The Labute approximate surface area is 343 Å². The first kappa shape index (κ1) is 33.3. The molecular weight excluding hydrogens is 717 g/mol. The van der Waals surface area contributed by atoms with Gasteiger partial charge in [0, 0.05) is 44.7 Å². The maximum atomic E-state index is 5.47. The number of aromatic nitrogens is 3. The van der Waals surface area contributed by atoms with Crippen LogP contribution in [0.5, 0.6) is 0 Å². The van der Waals surface area contributed by atoms with E-state index in [1.807, 2.05) is 0 Å². The second-order valence-electron chi connectivity index (χ2n) is 15.3. The van der Waals surface area contributed by atoms with Crippen LogP contribution in [0.1, 0.15) is 22.3 Å². The molecule has 0 aliphatic heterocycles. The van der Waals surface area contributed by atoms with Crippen molar-refractivity contribution >= 4 is 28.0 Å². The summed E-state index contributed by atoms with van der Waals surface area (Å²) >= 11 is 0. The van der Waals surface area contributed by atoms with Crippen molar-refractivity contribution in [1.29, 1.82) is 0 Å². The molecule has 0 radical (unpaired) electrons. The number of hydrogen-bond donors (Lipinski definition) is 0. The molecule has 276 valence electrons. The molecule has 4 heteroatoms. The minimum atomic E-state index is -0.579. The zero-order valence-electron chi connectivity index (χ0n) is 32.1. The third kappa shape index (κ3) is 4.90. The van der Waals surface area contributed by atoms with E-state index in [0.717, 1.165) is 56.2 Å². The van der Waals surface area contributed by atoms with Crippen molar-refractivity contribution in [2.45, 2.75) is 5.41 Å². The molecule has 2 aliphatic rings. The van der Waals surface area contributed by atoms with Gasteiger partial charge < -0.3 is 4.90 Å². The highest BCUT2D eigenvalue weighted by Gasteiger charge is 2.54. The summed E-state index contributed by atoms with van der Waals surface area (Å²) in [6, 6.07) is 78.3. The summed E-state index contributed by atoms with van der Waals surface area (Å²) in [6.07, 6.45) is 0. The van der Waals surface area contributed by atoms with Gasteiger partial charge in [-0.25, -0.2) is 9.97 Å². The molecule has 2 aliphatic carbocycles. The highest BCUT2D eigenvalue weighted by Crippen LogP contribution is 2.65. The number of fused-ring (bicyclic) bond motifs is 12. The molecule has 0 saturated heterocycles. The maximum Gasteiger partial charge on any atom is 0.235 e. The Kier molecular flexibility index (Phi) is 7.41. The highest BCUT2D eigenvalue weighted by atomic mass is 15.2. The molecule has 0 bridgehead atoms. The van der Waals surface area contributed by atoms with E-state index in [1.54, 1.807) is 0 Å². The van der Waals surface area contributed by atoms with E-state index < -0.39 is 5.41 Å². The van der Waals surface area contributed by atoms with Crippen LogP contribution in [0.25, 0.3) is 61.8 Å². The lowest BCUT2D eigenvalue weighted by Gasteiger charge is -2.30. The van der Waals surface area contributed by atoms with Gasteiger partial charge in [0.1, 0.15) is 0 Å². The van der Waals surface area contributed by atoms with Gasteiger partial charge in [0.25, 0.3) is 0 Å². The van der Waals surface area contributed by atoms with Crippen LogP contribution in [-0.4, -0.2) is 14.5 Å². The molecule has 0 saturated carbocycles. The topological polar surface area (TPSA) is 34.0 Å². The van der Waals surface area contributed by atoms with Crippen LogP contribution in [0.15, 0.2) is 218 Å². The summed E-state index contributed by atoms with van der Waals surface area (Å²) in [7, 11) is 0. The van der Waals surface area contributed by atoms with Gasteiger partial charge in [0.2, 0.25) is 5.95 Å². The molecule has 0 amide bonds. The fourth-order valence-corrected chi connectivity index (χ4v) is 9.86. The van der Waals surface area contributed by atoms with E-state index in [2.05, 4.69) is 228 Å². The molecule has 4 nitrogen and oxygen atoms in total. The Morgan fingerprint density at radius 2 is 0.831 bits per heavy atom. The Morgan fingerprint density at radius 1 is 0.390 bits per heavy atom. The maximum absolute atomic E-state index is 5.47. The Morgan fingerprint density at radius 3 is 1.36 bits per heavy atom. The van der Waals surface area contributed by atoms with Gasteiger partial charge in [-0.15, -0.1) is 0 Å². The molecule has 0 N–H and O–H groups in total. The van der Waals surface area contributed by atoms with E-state index in [0.29, 0.717) is 5.95 Å². The Balaban J connectivity index is 1.24. The molecule has 1 spiro atoms. The average Bonchev–Trinajstić information content (AvgIpc) is 3.92. The molecular formula is C55H36N4. The molecule has 0 atom stereocenters. The largest absolute Gasteiger partial charge is 0.310 e.